The Labute approximate surface area is 102 Å². The Hall–Kier alpha value is -3.01. The summed E-state index contributed by atoms with van der Waals surface area (Å²) in [5, 5.41) is 22.9. The molecular formula is C11H7N5O2. The summed E-state index contributed by atoms with van der Waals surface area (Å²) in [5.41, 5.74) is 1.22. The first kappa shape index (κ1) is 11.5. The van der Waals surface area contributed by atoms with Crippen LogP contribution in [0.3, 0.4) is 0 Å². The smallest absolute Gasteiger partial charge is 0.390 e. The third kappa shape index (κ3) is 2.38. The van der Waals surface area contributed by atoms with Crippen molar-refractivity contribution >= 4 is 18.2 Å². The maximum Gasteiger partial charge on any atom is 0.491 e. The molecule has 0 N–H and O–H groups in total. The molecule has 0 bridgehead atoms. The molecule has 2 aromatic rings. The van der Waals surface area contributed by atoms with Crippen LogP contribution in [-0.4, -0.2) is 19.7 Å². The largest absolute Gasteiger partial charge is 0.491 e. The fourth-order valence-electron chi connectivity index (χ4n) is 1.32. The molecule has 2 rings (SSSR count). The summed E-state index contributed by atoms with van der Waals surface area (Å²) in [6, 6.07) is 9.05. The lowest BCUT2D eigenvalue weighted by atomic mass is 10.1. The fourth-order valence-corrected chi connectivity index (χ4v) is 1.32. The second kappa shape index (κ2) is 4.88. The van der Waals surface area contributed by atoms with Gasteiger partial charge in [0.1, 0.15) is 0 Å². The molecule has 0 amide bonds. The minimum Gasteiger partial charge on any atom is -0.390 e. The van der Waals surface area contributed by atoms with Gasteiger partial charge in [0.15, 0.2) is 0 Å². The van der Waals surface area contributed by atoms with Gasteiger partial charge in [0.2, 0.25) is 6.33 Å². The lowest BCUT2D eigenvalue weighted by molar-refractivity contribution is -0.394. The first-order chi connectivity index (χ1) is 8.70. The summed E-state index contributed by atoms with van der Waals surface area (Å²) in [5.74, 6) is -0.465. The summed E-state index contributed by atoms with van der Waals surface area (Å²) in [4.78, 5) is 13.2. The molecule has 1 aromatic heterocycles. The predicted molar refractivity (Wildman–Crippen MR) is 63.1 cm³/mol. The molecule has 0 aliphatic heterocycles. The molecular weight excluding hydrogens is 234 g/mol. The van der Waals surface area contributed by atoms with Crippen molar-refractivity contribution in [3.05, 3.63) is 51.8 Å². The van der Waals surface area contributed by atoms with Gasteiger partial charge < -0.3 is 10.1 Å². The van der Waals surface area contributed by atoms with Gasteiger partial charge in [0.25, 0.3) is 0 Å². The van der Waals surface area contributed by atoms with Crippen molar-refractivity contribution in [2.45, 2.75) is 0 Å². The number of aromatic nitrogens is 3. The van der Waals surface area contributed by atoms with E-state index in [9.17, 15) is 10.1 Å². The number of rotatable bonds is 3. The van der Waals surface area contributed by atoms with Crippen LogP contribution in [0.5, 0.6) is 0 Å². The number of hydrogen-bond acceptors (Lipinski definition) is 5. The monoisotopic (exact) mass is 241 g/mol. The number of nitro groups is 1. The Morgan fingerprint density at radius 1 is 1.44 bits per heavy atom. The molecule has 0 aliphatic carbocycles. The standard InChI is InChI=1S/C11H7N5O2/c12-7-10-4-2-1-3-9(10)5-6-15-8-13-11(14-15)16(17)18/h1-6,8H. The fraction of sp³-hybridized carbons (Fsp3) is 0. The predicted octanol–water partition coefficient (Wildman–Crippen LogP) is 1.69. The Kier molecular flexibility index (Phi) is 3.11. The topological polar surface area (TPSA) is 97.6 Å². The van der Waals surface area contributed by atoms with E-state index in [1.807, 2.05) is 0 Å². The Morgan fingerprint density at radius 3 is 2.89 bits per heavy atom. The van der Waals surface area contributed by atoms with Crippen molar-refractivity contribution in [1.29, 1.82) is 5.26 Å². The third-order valence-electron chi connectivity index (χ3n) is 2.15. The minimum absolute atomic E-state index is 0.465. The lowest BCUT2D eigenvalue weighted by Gasteiger charge is -1.94. The molecule has 7 nitrogen and oxygen atoms in total. The highest BCUT2D eigenvalue weighted by Gasteiger charge is 2.11. The van der Waals surface area contributed by atoms with E-state index < -0.39 is 10.9 Å². The van der Waals surface area contributed by atoms with E-state index in [0.717, 1.165) is 0 Å². The summed E-state index contributed by atoms with van der Waals surface area (Å²) in [6.45, 7) is 0. The average molecular weight is 241 g/mol. The number of hydrogen-bond donors (Lipinski definition) is 0. The molecule has 0 atom stereocenters. The second-order valence-electron chi connectivity index (χ2n) is 3.30. The van der Waals surface area contributed by atoms with Crippen molar-refractivity contribution in [3.8, 4) is 6.07 Å². The van der Waals surface area contributed by atoms with Crippen LogP contribution in [0.4, 0.5) is 5.95 Å². The van der Waals surface area contributed by atoms with Crippen molar-refractivity contribution in [2.24, 2.45) is 0 Å². The lowest BCUT2D eigenvalue weighted by Crippen LogP contribution is -1.92. The number of benzene rings is 1. The van der Waals surface area contributed by atoms with Crippen LogP contribution in [0.2, 0.25) is 0 Å². The van der Waals surface area contributed by atoms with E-state index in [4.69, 9.17) is 5.26 Å². The van der Waals surface area contributed by atoms with Crippen LogP contribution in [0.25, 0.3) is 12.3 Å². The van der Waals surface area contributed by atoms with Gasteiger partial charge in [-0.1, -0.05) is 23.2 Å². The molecule has 18 heavy (non-hydrogen) atoms. The summed E-state index contributed by atoms with van der Waals surface area (Å²) >= 11 is 0. The van der Waals surface area contributed by atoms with E-state index in [1.54, 1.807) is 30.3 Å². The van der Waals surface area contributed by atoms with Crippen LogP contribution in [-0.2, 0) is 0 Å². The molecule has 0 unspecified atom stereocenters. The van der Waals surface area contributed by atoms with Gasteiger partial charge in [-0.25, -0.2) is 0 Å². The van der Waals surface area contributed by atoms with Crippen LogP contribution in [0, 0.1) is 21.4 Å². The molecule has 1 aromatic carbocycles. The summed E-state index contributed by atoms with van der Waals surface area (Å²) < 4.78 is 1.21. The molecule has 0 fully saturated rings. The minimum atomic E-state index is -0.673. The first-order valence-corrected chi connectivity index (χ1v) is 4.93. The molecule has 1 heterocycles. The molecule has 0 saturated heterocycles. The Bertz CT molecular complexity index is 653. The van der Waals surface area contributed by atoms with Crippen LogP contribution >= 0.6 is 0 Å². The SMILES string of the molecule is N#Cc1ccccc1C=Cn1cnc([N+](=O)[O-])n1. The van der Waals surface area contributed by atoms with Crippen molar-refractivity contribution < 1.29 is 4.92 Å². The molecule has 88 valence electrons. The highest BCUT2D eigenvalue weighted by Crippen LogP contribution is 2.10. The zero-order valence-corrected chi connectivity index (χ0v) is 9.09. The zero-order chi connectivity index (χ0) is 13.0. The van der Waals surface area contributed by atoms with E-state index in [-0.39, 0.29) is 0 Å². The van der Waals surface area contributed by atoms with E-state index >= 15 is 0 Å². The highest BCUT2D eigenvalue weighted by molar-refractivity contribution is 5.65. The van der Waals surface area contributed by atoms with Gasteiger partial charge in [-0.2, -0.15) is 5.26 Å². The van der Waals surface area contributed by atoms with Crippen LogP contribution < -0.4 is 0 Å². The molecule has 7 heteroatoms. The first-order valence-electron chi connectivity index (χ1n) is 4.93. The van der Waals surface area contributed by atoms with Gasteiger partial charge in [0.05, 0.1) is 11.6 Å². The number of nitrogens with zero attached hydrogens (tertiary/aromatic N) is 5. The van der Waals surface area contributed by atoms with Gasteiger partial charge >= 0.3 is 5.95 Å². The van der Waals surface area contributed by atoms with Gasteiger partial charge in [-0.3, -0.25) is 0 Å². The second-order valence-corrected chi connectivity index (χ2v) is 3.30. The quantitative estimate of drug-likeness (QED) is 0.601. The molecule has 0 spiro atoms. The Morgan fingerprint density at radius 2 is 2.22 bits per heavy atom. The summed E-state index contributed by atoms with van der Waals surface area (Å²) in [7, 11) is 0. The van der Waals surface area contributed by atoms with Gasteiger partial charge in [0, 0.05) is 11.3 Å². The number of nitriles is 1. The molecule has 0 saturated carbocycles. The molecule has 0 aliphatic rings. The average Bonchev–Trinajstić information content (AvgIpc) is 2.85. The maximum atomic E-state index is 10.4. The van der Waals surface area contributed by atoms with Crippen molar-refractivity contribution in [3.63, 3.8) is 0 Å². The van der Waals surface area contributed by atoms with Gasteiger partial charge in [-0.15, -0.1) is 4.68 Å². The van der Waals surface area contributed by atoms with Crippen LogP contribution in [0.15, 0.2) is 30.6 Å². The van der Waals surface area contributed by atoms with Gasteiger partial charge in [-0.05, 0) is 22.6 Å². The van der Waals surface area contributed by atoms with Crippen molar-refractivity contribution in [2.75, 3.05) is 0 Å². The van der Waals surface area contributed by atoms with E-state index in [2.05, 4.69) is 16.2 Å². The normalized spacial score (nSPS) is 10.4. The van der Waals surface area contributed by atoms with E-state index in [0.29, 0.717) is 11.1 Å². The highest BCUT2D eigenvalue weighted by atomic mass is 16.6. The summed E-state index contributed by atoms with van der Waals surface area (Å²) in [6.07, 6.45) is 4.36. The Balaban J connectivity index is 2.25. The molecule has 0 radical (unpaired) electrons. The maximum absolute atomic E-state index is 10.4. The zero-order valence-electron chi connectivity index (χ0n) is 9.09. The van der Waals surface area contributed by atoms with Crippen LogP contribution in [0.1, 0.15) is 11.1 Å². The third-order valence-corrected chi connectivity index (χ3v) is 2.15. The van der Waals surface area contributed by atoms with E-state index in [1.165, 1.54) is 17.2 Å². The van der Waals surface area contributed by atoms with Crippen molar-refractivity contribution in [1.82, 2.24) is 14.8 Å².